The van der Waals surface area contributed by atoms with Crippen LogP contribution in [0.5, 0.6) is 0 Å². The number of carbonyl (C=O) groups is 11. The SMILES string of the molecule is CSCC[C@H](NC(=O)[C@H](CC(=O)O)NC(=O)[C@H](CCCCN)NC(=O)[C@H](Cc1cnc[nH]1)NC(C)=O)C(=O)N[C@@H](CCC(N)=O)C(=O)N[C@@H](CC1CCCCC1)C(=O)NCC(=O)N[C@@H](CCCN=C(N)N)C(=O)O. The zero-order valence-corrected chi connectivity index (χ0v) is 42.7. The van der Waals surface area contributed by atoms with Gasteiger partial charge in [0.2, 0.25) is 53.2 Å². The summed E-state index contributed by atoms with van der Waals surface area (Å²) >= 11 is 1.28. The lowest BCUT2D eigenvalue weighted by Crippen LogP contribution is -2.60. The average Bonchev–Trinajstić information content (AvgIpc) is 3.86. The Balaban J connectivity index is 2.34. The second-order valence-corrected chi connectivity index (χ2v) is 18.9. The van der Waals surface area contributed by atoms with E-state index in [0.717, 1.165) is 32.1 Å². The fraction of sp³-hybridized carbons (Fsp3) is 0.667. The number of carboxylic acid groups (broad SMARTS) is 2. The molecule has 9 amide bonds. The van der Waals surface area contributed by atoms with Gasteiger partial charge in [0.15, 0.2) is 5.96 Å². The zero-order chi connectivity index (χ0) is 55.2. The summed E-state index contributed by atoms with van der Waals surface area (Å²) in [7, 11) is 0. The van der Waals surface area contributed by atoms with Gasteiger partial charge in [0.05, 0.1) is 19.3 Å². The van der Waals surface area contributed by atoms with Crippen LogP contribution in [0.2, 0.25) is 0 Å². The molecule has 1 aromatic rings. The number of nitrogens with zero attached hydrogens (tertiary/aromatic N) is 2. The van der Waals surface area contributed by atoms with E-state index in [1.807, 2.05) is 0 Å². The highest BCUT2D eigenvalue weighted by atomic mass is 32.2. The van der Waals surface area contributed by atoms with Gasteiger partial charge in [-0.15, -0.1) is 0 Å². The predicted molar refractivity (Wildman–Crippen MR) is 270 cm³/mol. The number of aromatic nitrogens is 2. The van der Waals surface area contributed by atoms with Crippen LogP contribution in [-0.2, 0) is 59.2 Å². The van der Waals surface area contributed by atoms with Crippen LogP contribution in [0.3, 0.4) is 0 Å². The maximum absolute atomic E-state index is 14.1. The molecule has 0 unspecified atom stereocenters. The summed E-state index contributed by atoms with van der Waals surface area (Å²) < 4.78 is 0. The van der Waals surface area contributed by atoms with Crippen LogP contribution in [-0.4, -0.2) is 165 Å². The van der Waals surface area contributed by atoms with Crippen molar-refractivity contribution in [2.75, 3.05) is 31.6 Å². The Morgan fingerprint density at radius 2 is 1.27 bits per heavy atom. The number of unbranched alkanes of at least 4 members (excludes halogenated alkanes) is 1. The number of imidazole rings is 1. The molecular weight excluding hydrogens is 991 g/mol. The van der Waals surface area contributed by atoms with Crippen LogP contribution in [0, 0.1) is 5.92 Å². The van der Waals surface area contributed by atoms with Gasteiger partial charge in [0, 0.05) is 38.2 Å². The van der Waals surface area contributed by atoms with E-state index in [4.69, 9.17) is 22.9 Å². The second kappa shape index (κ2) is 34.4. The highest BCUT2D eigenvalue weighted by molar-refractivity contribution is 7.98. The number of aromatic amines is 1. The predicted octanol–water partition coefficient (Wildman–Crippen LogP) is -3.79. The molecule has 7 atom stereocenters. The van der Waals surface area contributed by atoms with Gasteiger partial charge >= 0.3 is 11.9 Å². The first-order valence-electron chi connectivity index (χ1n) is 24.4. The molecule has 0 radical (unpaired) electrons. The number of hydrogen-bond donors (Lipinski definition) is 15. The third kappa shape index (κ3) is 25.6. The Morgan fingerprint density at radius 1 is 0.703 bits per heavy atom. The van der Waals surface area contributed by atoms with Gasteiger partial charge in [-0.3, -0.25) is 52.9 Å². The van der Waals surface area contributed by atoms with Crippen molar-refractivity contribution in [2.24, 2.45) is 33.8 Å². The minimum atomic E-state index is -1.81. The van der Waals surface area contributed by atoms with Crippen molar-refractivity contribution in [1.82, 2.24) is 52.5 Å². The fourth-order valence-corrected chi connectivity index (χ4v) is 8.39. The number of aliphatic carboxylic acids is 2. The number of carboxylic acids is 2. The molecule has 1 fully saturated rings. The minimum absolute atomic E-state index is 0.00406. The van der Waals surface area contributed by atoms with Gasteiger partial charge in [0.25, 0.3) is 0 Å². The Morgan fingerprint density at radius 3 is 1.81 bits per heavy atom. The molecule has 1 aliphatic carbocycles. The topological polar surface area (TPSA) is 470 Å². The molecule has 1 heterocycles. The molecule has 1 saturated carbocycles. The molecule has 2 rings (SSSR count). The monoisotopic (exact) mass is 1070 g/mol. The third-order valence-electron chi connectivity index (χ3n) is 11.7. The number of carbonyl (C=O) groups excluding carboxylic acids is 9. The number of thioether (sulfide) groups is 1. The van der Waals surface area contributed by atoms with E-state index in [9.17, 15) is 63.0 Å². The summed E-state index contributed by atoms with van der Waals surface area (Å²) in [6, 6.07) is -9.92. The van der Waals surface area contributed by atoms with E-state index in [1.165, 1.54) is 31.2 Å². The summed E-state index contributed by atoms with van der Waals surface area (Å²) in [6.07, 6.45) is 7.90. The molecule has 74 heavy (non-hydrogen) atoms. The summed E-state index contributed by atoms with van der Waals surface area (Å²) in [5.74, 6) is -10.5. The summed E-state index contributed by atoms with van der Waals surface area (Å²) in [6.45, 7) is 0.892. The molecule has 1 aromatic heterocycles. The summed E-state index contributed by atoms with van der Waals surface area (Å²) in [5.41, 5.74) is 22.2. The number of H-pyrrole nitrogens is 1. The van der Waals surface area contributed by atoms with Crippen LogP contribution in [0.1, 0.15) is 109 Å². The van der Waals surface area contributed by atoms with E-state index >= 15 is 0 Å². The van der Waals surface area contributed by atoms with Crippen molar-refractivity contribution >= 4 is 82.8 Å². The normalized spacial score (nSPS) is 15.2. The van der Waals surface area contributed by atoms with Crippen LogP contribution in [0.25, 0.3) is 0 Å². The maximum Gasteiger partial charge on any atom is 0.326 e. The van der Waals surface area contributed by atoms with E-state index < -0.39 is 127 Å². The van der Waals surface area contributed by atoms with E-state index in [2.05, 4.69) is 57.5 Å². The molecule has 0 bridgehead atoms. The van der Waals surface area contributed by atoms with Crippen LogP contribution in [0.15, 0.2) is 17.5 Å². The van der Waals surface area contributed by atoms with Crippen molar-refractivity contribution < 1.29 is 63.0 Å². The number of primary amides is 1. The van der Waals surface area contributed by atoms with Gasteiger partial charge in [-0.05, 0) is 75.8 Å². The quantitative estimate of drug-likeness (QED) is 0.0174. The summed E-state index contributed by atoms with van der Waals surface area (Å²) in [4.78, 5) is 155. The van der Waals surface area contributed by atoms with Gasteiger partial charge in [0.1, 0.15) is 42.3 Å². The van der Waals surface area contributed by atoms with Gasteiger partial charge < -0.3 is 80.7 Å². The molecule has 1 aliphatic rings. The molecule has 28 nitrogen and oxygen atoms in total. The van der Waals surface area contributed by atoms with Crippen LogP contribution < -0.4 is 65.5 Å². The number of guanidine groups is 1. The first kappa shape index (κ1) is 63.1. The average molecular weight is 1070 g/mol. The third-order valence-corrected chi connectivity index (χ3v) is 12.4. The number of hydrogen-bond acceptors (Lipinski definition) is 15. The van der Waals surface area contributed by atoms with E-state index in [0.29, 0.717) is 18.5 Å². The number of amides is 9. The van der Waals surface area contributed by atoms with Crippen molar-refractivity contribution in [3.8, 4) is 0 Å². The molecule has 0 aliphatic heterocycles. The first-order valence-corrected chi connectivity index (χ1v) is 25.8. The highest BCUT2D eigenvalue weighted by Gasteiger charge is 2.35. The number of nitrogens with one attached hydrogen (secondary N) is 9. The van der Waals surface area contributed by atoms with Crippen molar-refractivity contribution in [3.05, 3.63) is 18.2 Å². The number of nitrogens with two attached hydrogens (primary N) is 4. The lowest BCUT2D eigenvalue weighted by atomic mass is 9.84. The first-order chi connectivity index (χ1) is 35.1. The Labute approximate surface area is 432 Å². The van der Waals surface area contributed by atoms with Gasteiger partial charge in [-0.1, -0.05) is 32.1 Å². The zero-order valence-electron chi connectivity index (χ0n) is 41.9. The summed E-state index contributed by atoms with van der Waals surface area (Å²) in [5, 5.41) is 39.3. The lowest BCUT2D eigenvalue weighted by Gasteiger charge is -2.29. The van der Waals surface area contributed by atoms with Crippen LogP contribution >= 0.6 is 11.8 Å². The van der Waals surface area contributed by atoms with E-state index in [1.54, 1.807) is 6.26 Å². The Kier molecular flexibility index (Phi) is 29.3. The second-order valence-electron chi connectivity index (χ2n) is 17.9. The fourth-order valence-electron chi connectivity index (χ4n) is 7.92. The largest absolute Gasteiger partial charge is 0.481 e. The van der Waals surface area contributed by atoms with Crippen molar-refractivity contribution in [1.29, 1.82) is 0 Å². The highest BCUT2D eigenvalue weighted by Crippen LogP contribution is 2.27. The smallest absolute Gasteiger partial charge is 0.326 e. The van der Waals surface area contributed by atoms with Crippen molar-refractivity contribution in [2.45, 2.75) is 152 Å². The Bertz CT molecular complexity index is 2070. The van der Waals surface area contributed by atoms with E-state index in [-0.39, 0.29) is 75.7 Å². The van der Waals surface area contributed by atoms with Crippen molar-refractivity contribution in [3.63, 3.8) is 0 Å². The van der Waals surface area contributed by atoms with Gasteiger partial charge in [-0.2, -0.15) is 11.8 Å². The number of aliphatic imine (C=N–C) groups is 1. The number of rotatable bonds is 36. The minimum Gasteiger partial charge on any atom is -0.481 e. The molecule has 19 N–H and O–H groups in total. The molecular formula is C45H75N15O13S. The molecule has 414 valence electrons. The van der Waals surface area contributed by atoms with Crippen LogP contribution in [0.4, 0.5) is 0 Å². The molecule has 29 heteroatoms. The lowest BCUT2D eigenvalue weighted by molar-refractivity contribution is -0.142. The molecule has 0 aromatic carbocycles. The molecule has 0 saturated heterocycles. The molecule has 0 spiro atoms. The standard InChI is InChI=1S/C45H75N15O13S/c1-25(61)54-33(20-27-22-50-24-53-27)42(70)56-28(11-6-7-16-46)39(67)60-34(21-37(64)65)43(71)58-30(15-18-74-2)41(69)57-29(13-14-35(47)62)40(68)59-32(19-26-9-4-3-5-10-26)38(66)52-23-36(63)55-31(44(72)73)12-8-17-51-45(48)49/h22,24,26,28-34H,3-21,23,46H2,1-2H3,(H2,47,62)(H,50,53)(H,52,66)(H,54,61)(H,55,63)(H,56,70)(H,57,69)(H,58,71)(H,59,68)(H,60,67)(H,64,65)(H,72,73)(H4,48,49,51)/t28-,29-,30-,31-,32-,33-,34-/m0/s1. The maximum atomic E-state index is 14.1. The Hall–Kier alpha value is -7.04. The van der Waals surface area contributed by atoms with Gasteiger partial charge in [-0.25, -0.2) is 9.78 Å².